The highest BCUT2D eigenvalue weighted by Crippen LogP contribution is 2.44. The molecule has 0 N–H and O–H groups in total. The van der Waals surface area contributed by atoms with Gasteiger partial charge in [-0.05, 0) is 34.1 Å². The van der Waals surface area contributed by atoms with Gasteiger partial charge in [-0.2, -0.15) is 13.2 Å². The minimum absolute atomic E-state index is 0.0500. The van der Waals surface area contributed by atoms with Crippen LogP contribution in [0.3, 0.4) is 0 Å². The molecule has 0 saturated carbocycles. The number of alkyl halides is 3. The Morgan fingerprint density at radius 2 is 1.77 bits per heavy atom. The van der Waals surface area contributed by atoms with Crippen LogP contribution in [0.4, 0.5) is 13.2 Å². The number of para-hydroxylation sites is 1. The Kier molecular flexibility index (Phi) is 5.03. The van der Waals surface area contributed by atoms with Crippen molar-refractivity contribution in [1.29, 1.82) is 0 Å². The Balaban J connectivity index is 2.40. The lowest BCUT2D eigenvalue weighted by Gasteiger charge is -2.16. The summed E-state index contributed by atoms with van der Waals surface area (Å²) < 4.78 is 50.4. The summed E-state index contributed by atoms with van der Waals surface area (Å²) in [5, 5.41) is 0.347. The zero-order valence-corrected chi connectivity index (χ0v) is 16.0. The van der Waals surface area contributed by atoms with E-state index in [-0.39, 0.29) is 15.0 Å². The van der Waals surface area contributed by atoms with Gasteiger partial charge in [0.15, 0.2) is 5.69 Å². The first-order valence-corrected chi connectivity index (χ1v) is 8.52. The molecule has 136 valence electrons. The average molecular weight is 447 g/mol. The molecular weight excluding hydrogens is 435 g/mol. The van der Waals surface area contributed by atoms with Crippen LogP contribution in [0.1, 0.15) is 5.69 Å². The summed E-state index contributed by atoms with van der Waals surface area (Å²) in [6, 6.07) is 10.0. The van der Waals surface area contributed by atoms with Gasteiger partial charge in [-0.1, -0.05) is 29.8 Å². The van der Waals surface area contributed by atoms with Crippen LogP contribution in [0.25, 0.3) is 22.0 Å². The predicted molar refractivity (Wildman–Crippen MR) is 98.0 cm³/mol. The lowest BCUT2D eigenvalue weighted by molar-refractivity contribution is -0.141. The first-order valence-electron chi connectivity index (χ1n) is 7.35. The van der Waals surface area contributed by atoms with Gasteiger partial charge < -0.3 is 9.47 Å². The van der Waals surface area contributed by atoms with Gasteiger partial charge in [-0.3, -0.25) is 0 Å². The van der Waals surface area contributed by atoms with Crippen molar-refractivity contribution < 1.29 is 22.6 Å². The van der Waals surface area contributed by atoms with Crippen LogP contribution in [0.2, 0.25) is 5.02 Å². The smallest absolute Gasteiger partial charge is 0.434 e. The van der Waals surface area contributed by atoms with Gasteiger partial charge in [-0.25, -0.2) is 4.98 Å². The fourth-order valence-electron chi connectivity index (χ4n) is 2.65. The van der Waals surface area contributed by atoms with Crippen LogP contribution >= 0.6 is 27.5 Å². The summed E-state index contributed by atoms with van der Waals surface area (Å²) in [6.45, 7) is 0. The fraction of sp³-hybridized carbons (Fsp3) is 0.167. The maximum atomic E-state index is 13.4. The normalized spacial score (nSPS) is 11.7. The van der Waals surface area contributed by atoms with Crippen LogP contribution in [0.15, 0.2) is 40.9 Å². The van der Waals surface area contributed by atoms with Gasteiger partial charge in [0.1, 0.15) is 11.5 Å². The highest BCUT2D eigenvalue weighted by atomic mass is 79.9. The van der Waals surface area contributed by atoms with Gasteiger partial charge in [0.2, 0.25) is 0 Å². The van der Waals surface area contributed by atoms with Crippen molar-refractivity contribution in [3.63, 3.8) is 0 Å². The van der Waals surface area contributed by atoms with Crippen LogP contribution in [-0.4, -0.2) is 19.2 Å². The SMILES string of the molecule is COc1ccc(OC)c(-c2cccc3c(Cl)c(Br)c(C(F)(F)F)nc23)c1. The maximum Gasteiger partial charge on any atom is 0.434 e. The molecule has 2 aromatic carbocycles. The molecule has 0 spiro atoms. The van der Waals surface area contributed by atoms with Crippen LogP contribution in [-0.2, 0) is 6.18 Å². The Labute approximate surface area is 160 Å². The molecule has 3 nitrogen and oxygen atoms in total. The molecular formula is C18H12BrClF3NO2. The van der Waals surface area contributed by atoms with E-state index < -0.39 is 11.9 Å². The first kappa shape index (κ1) is 18.8. The molecule has 0 radical (unpaired) electrons. The largest absolute Gasteiger partial charge is 0.497 e. The summed E-state index contributed by atoms with van der Waals surface area (Å²) in [5.74, 6) is 1.02. The number of halogens is 5. The van der Waals surface area contributed by atoms with Gasteiger partial charge in [0.25, 0.3) is 0 Å². The minimum Gasteiger partial charge on any atom is -0.497 e. The highest BCUT2D eigenvalue weighted by molar-refractivity contribution is 9.10. The topological polar surface area (TPSA) is 31.4 Å². The molecule has 1 aromatic heterocycles. The van der Waals surface area contributed by atoms with Crippen molar-refractivity contribution in [3.05, 3.63) is 51.6 Å². The summed E-state index contributed by atoms with van der Waals surface area (Å²) in [4.78, 5) is 3.86. The van der Waals surface area contributed by atoms with E-state index in [0.29, 0.717) is 28.0 Å². The zero-order chi connectivity index (χ0) is 19.1. The molecule has 0 bridgehead atoms. The van der Waals surface area contributed by atoms with Crippen molar-refractivity contribution in [2.45, 2.75) is 6.18 Å². The summed E-state index contributed by atoms with van der Waals surface area (Å²) in [6.07, 6.45) is -4.65. The van der Waals surface area contributed by atoms with E-state index in [0.717, 1.165) is 0 Å². The second-order valence-corrected chi connectivity index (χ2v) is 6.53. The van der Waals surface area contributed by atoms with Crippen molar-refractivity contribution in [3.8, 4) is 22.6 Å². The zero-order valence-electron chi connectivity index (χ0n) is 13.6. The van der Waals surface area contributed by atoms with E-state index >= 15 is 0 Å². The Bertz CT molecular complexity index is 992. The van der Waals surface area contributed by atoms with E-state index in [4.69, 9.17) is 21.1 Å². The van der Waals surface area contributed by atoms with Gasteiger partial charge >= 0.3 is 6.18 Å². The fourth-order valence-corrected chi connectivity index (χ4v) is 3.42. The number of fused-ring (bicyclic) bond motifs is 1. The predicted octanol–water partition coefficient (Wildman–Crippen LogP) is 6.35. The lowest BCUT2D eigenvalue weighted by atomic mass is 10.00. The lowest BCUT2D eigenvalue weighted by Crippen LogP contribution is -2.10. The van der Waals surface area contributed by atoms with E-state index in [1.54, 1.807) is 36.4 Å². The molecule has 0 aliphatic heterocycles. The second-order valence-electron chi connectivity index (χ2n) is 5.35. The number of hydrogen-bond acceptors (Lipinski definition) is 3. The van der Waals surface area contributed by atoms with Crippen LogP contribution in [0, 0.1) is 0 Å². The number of benzene rings is 2. The molecule has 3 rings (SSSR count). The summed E-state index contributed by atoms with van der Waals surface area (Å²) in [7, 11) is 2.98. The summed E-state index contributed by atoms with van der Waals surface area (Å²) >= 11 is 9.10. The molecule has 0 fully saturated rings. The van der Waals surface area contributed by atoms with E-state index in [9.17, 15) is 13.2 Å². The van der Waals surface area contributed by atoms with E-state index in [2.05, 4.69) is 20.9 Å². The number of ether oxygens (including phenoxy) is 2. The molecule has 8 heteroatoms. The van der Waals surface area contributed by atoms with Gasteiger partial charge in [0.05, 0.1) is 29.2 Å². The average Bonchev–Trinajstić information content (AvgIpc) is 2.62. The number of pyridine rings is 1. The van der Waals surface area contributed by atoms with Crippen molar-refractivity contribution >= 4 is 38.4 Å². The van der Waals surface area contributed by atoms with Gasteiger partial charge in [-0.15, -0.1) is 0 Å². The standard InChI is InChI=1S/C18H12BrClF3NO2/c1-25-9-6-7-13(26-2)12(8-9)10-4-3-5-11-15(20)14(19)17(18(21,22)23)24-16(10)11/h3-8H,1-2H3. The molecule has 0 atom stereocenters. The molecule has 0 saturated heterocycles. The van der Waals surface area contributed by atoms with Gasteiger partial charge in [0, 0.05) is 16.5 Å². The quantitative estimate of drug-likeness (QED) is 0.469. The van der Waals surface area contributed by atoms with Crippen LogP contribution in [0.5, 0.6) is 11.5 Å². The first-order chi connectivity index (χ1) is 12.3. The van der Waals surface area contributed by atoms with E-state index in [1.807, 2.05) is 0 Å². The van der Waals surface area contributed by atoms with Crippen molar-refractivity contribution in [2.75, 3.05) is 14.2 Å². The molecule has 1 heterocycles. The van der Waals surface area contributed by atoms with Crippen molar-refractivity contribution in [1.82, 2.24) is 4.98 Å². The monoisotopic (exact) mass is 445 g/mol. The van der Waals surface area contributed by atoms with E-state index in [1.165, 1.54) is 14.2 Å². The number of aromatic nitrogens is 1. The number of methoxy groups -OCH3 is 2. The highest BCUT2D eigenvalue weighted by Gasteiger charge is 2.37. The molecule has 0 amide bonds. The third-order valence-corrected chi connectivity index (χ3v) is 5.25. The Morgan fingerprint density at radius 3 is 2.38 bits per heavy atom. The maximum absolute atomic E-state index is 13.4. The van der Waals surface area contributed by atoms with Crippen molar-refractivity contribution in [2.24, 2.45) is 0 Å². The summed E-state index contributed by atoms with van der Waals surface area (Å²) in [5.41, 5.74) is 0.0542. The second kappa shape index (κ2) is 6.96. The molecule has 26 heavy (non-hydrogen) atoms. The third-order valence-electron chi connectivity index (χ3n) is 3.86. The molecule has 0 aliphatic carbocycles. The Morgan fingerprint density at radius 1 is 1.04 bits per heavy atom. The minimum atomic E-state index is -4.65. The molecule has 0 aliphatic rings. The third kappa shape index (κ3) is 3.21. The molecule has 3 aromatic rings. The molecule has 0 unspecified atom stereocenters. The number of hydrogen-bond donors (Lipinski definition) is 0. The number of rotatable bonds is 3. The van der Waals surface area contributed by atoms with Crippen LogP contribution < -0.4 is 9.47 Å². The number of nitrogens with zero attached hydrogens (tertiary/aromatic N) is 1. The Hall–Kier alpha value is -1.99.